The van der Waals surface area contributed by atoms with E-state index < -0.39 is 0 Å². The number of thiophene rings is 1. The van der Waals surface area contributed by atoms with Gasteiger partial charge >= 0.3 is 0 Å². The summed E-state index contributed by atoms with van der Waals surface area (Å²) in [6, 6.07) is 6.17. The van der Waals surface area contributed by atoms with Crippen LogP contribution in [-0.2, 0) is 6.54 Å². The molecule has 0 atom stereocenters. The van der Waals surface area contributed by atoms with E-state index in [2.05, 4.69) is 44.3 Å². The summed E-state index contributed by atoms with van der Waals surface area (Å²) in [6.07, 6.45) is 4.15. The van der Waals surface area contributed by atoms with E-state index in [1.165, 1.54) is 9.35 Å². The first kappa shape index (κ1) is 8.08. The van der Waals surface area contributed by atoms with Gasteiger partial charge in [-0.3, -0.25) is 0 Å². The Bertz CT molecular complexity index is 350. The summed E-state index contributed by atoms with van der Waals surface area (Å²) in [4.78, 5) is 1.37. The van der Waals surface area contributed by atoms with Crippen molar-refractivity contribution in [2.75, 3.05) is 0 Å². The number of nitrogens with zero attached hydrogens (tertiary/aromatic N) is 1. The highest BCUT2D eigenvalue weighted by Gasteiger charge is 2.00. The van der Waals surface area contributed by atoms with Crippen LogP contribution in [0.3, 0.4) is 0 Å². The van der Waals surface area contributed by atoms with Gasteiger partial charge in [-0.25, -0.2) is 0 Å². The molecule has 2 rings (SSSR count). The maximum Gasteiger partial charge on any atom is 0.0574 e. The summed E-state index contributed by atoms with van der Waals surface area (Å²) >= 11 is 5.29. The molecule has 3 heteroatoms. The Morgan fingerprint density at radius 2 is 2.08 bits per heavy atom. The highest BCUT2D eigenvalue weighted by molar-refractivity contribution is 9.10. The fourth-order valence-electron chi connectivity index (χ4n) is 1.08. The lowest BCUT2D eigenvalue weighted by Crippen LogP contribution is -1.93. The smallest absolute Gasteiger partial charge is 0.0574 e. The van der Waals surface area contributed by atoms with Gasteiger partial charge in [0, 0.05) is 21.7 Å². The number of rotatable bonds is 2. The first-order valence-corrected chi connectivity index (χ1v) is 5.36. The normalized spacial score (nSPS) is 10.4. The maximum absolute atomic E-state index is 3.51. The van der Waals surface area contributed by atoms with Crippen molar-refractivity contribution in [1.29, 1.82) is 0 Å². The Morgan fingerprint density at radius 3 is 2.67 bits per heavy atom. The number of aromatic nitrogens is 1. The average Bonchev–Trinajstić information content (AvgIpc) is 2.65. The quantitative estimate of drug-likeness (QED) is 0.760. The first-order chi connectivity index (χ1) is 5.86. The second-order valence-electron chi connectivity index (χ2n) is 2.55. The molecule has 12 heavy (non-hydrogen) atoms. The van der Waals surface area contributed by atoms with Crippen LogP contribution in [-0.4, -0.2) is 4.57 Å². The van der Waals surface area contributed by atoms with E-state index in [9.17, 15) is 0 Å². The van der Waals surface area contributed by atoms with E-state index in [0.717, 1.165) is 6.54 Å². The van der Waals surface area contributed by atoms with Gasteiger partial charge < -0.3 is 4.57 Å². The molecular formula is C9H8BrNS. The van der Waals surface area contributed by atoms with Gasteiger partial charge in [-0.2, -0.15) is 0 Å². The second kappa shape index (κ2) is 3.46. The second-order valence-corrected chi connectivity index (χ2v) is 4.40. The van der Waals surface area contributed by atoms with Gasteiger partial charge in [-0.15, -0.1) is 11.3 Å². The fourth-order valence-corrected chi connectivity index (χ4v) is 2.56. The van der Waals surface area contributed by atoms with E-state index in [0.29, 0.717) is 0 Å². The Morgan fingerprint density at radius 1 is 1.33 bits per heavy atom. The zero-order valence-corrected chi connectivity index (χ0v) is 8.81. The molecule has 0 aliphatic rings. The predicted octanol–water partition coefficient (Wildman–Crippen LogP) is 3.36. The topological polar surface area (TPSA) is 4.93 Å². The lowest BCUT2D eigenvalue weighted by Gasteiger charge is -1.99. The standard InChI is InChI=1S/C9H8BrNS/c10-8-3-6-12-9(8)7-11-4-1-2-5-11/h1-6H,7H2. The monoisotopic (exact) mass is 241 g/mol. The summed E-state index contributed by atoms with van der Waals surface area (Å²) in [6.45, 7) is 0.964. The van der Waals surface area contributed by atoms with Gasteiger partial charge in [0.15, 0.2) is 0 Å². The summed E-state index contributed by atoms with van der Waals surface area (Å²) < 4.78 is 3.37. The van der Waals surface area contributed by atoms with Crippen LogP contribution >= 0.6 is 27.3 Å². The Hall–Kier alpha value is -0.540. The van der Waals surface area contributed by atoms with Gasteiger partial charge in [0.2, 0.25) is 0 Å². The molecule has 0 bridgehead atoms. The summed E-state index contributed by atoms with van der Waals surface area (Å²) in [5, 5.41) is 2.10. The van der Waals surface area contributed by atoms with Crippen molar-refractivity contribution < 1.29 is 0 Å². The third-order valence-electron chi connectivity index (χ3n) is 1.68. The van der Waals surface area contributed by atoms with Crippen LogP contribution in [0.25, 0.3) is 0 Å². The van der Waals surface area contributed by atoms with Gasteiger partial charge in [0.05, 0.1) is 6.54 Å². The summed E-state index contributed by atoms with van der Waals surface area (Å²) in [5.41, 5.74) is 0. The third kappa shape index (κ3) is 1.62. The molecule has 0 amide bonds. The van der Waals surface area contributed by atoms with Gasteiger partial charge in [0.1, 0.15) is 0 Å². The van der Waals surface area contributed by atoms with Crippen molar-refractivity contribution in [2.45, 2.75) is 6.54 Å². The molecule has 0 unspecified atom stereocenters. The van der Waals surface area contributed by atoms with Crippen LogP contribution in [0.15, 0.2) is 40.4 Å². The molecule has 0 radical (unpaired) electrons. The van der Waals surface area contributed by atoms with Crippen molar-refractivity contribution in [2.24, 2.45) is 0 Å². The van der Waals surface area contributed by atoms with E-state index >= 15 is 0 Å². The van der Waals surface area contributed by atoms with E-state index in [1.807, 2.05) is 12.1 Å². The SMILES string of the molecule is Brc1ccsc1Cn1cccc1. The van der Waals surface area contributed by atoms with Gasteiger partial charge in [-0.05, 0) is 39.5 Å². The lowest BCUT2D eigenvalue weighted by molar-refractivity contribution is 0.817. The summed E-state index contributed by atoms with van der Waals surface area (Å²) in [7, 11) is 0. The number of hydrogen-bond donors (Lipinski definition) is 0. The maximum atomic E-state index is 3.51. The summed E-state index contributed by atoms with van der Waals surface area (Å²) in [5.74, 6) is 0. The van der Waals surface area contributed by atoms with Crippen LogP contribution < -0.4 is 0 Å². The van der Waals surface area contributed by atoms with Gasteiger partial charge in [0.25, 0.3) is 0 Å². The molecule has 2 aromatic rings. The molecule has 0 saturated heterocycles. The zero-order valence-electron chi connectivity index (χ0n) is 6.40. The molecular weight excluding hydrogens is 234 g/mol. The molecule has 0 saturated carbocycles. The first-order valence-electron chi connectivity index (χ1n) is 3.69. The molecule has 0 aromatic carbocycles. The fraction of sp³-hybridized carbons (Fsp3) is 0.111. The minimum Gasteiger partial charge on any atom is -0.349 e. The Kier molecular flexibility index (Phi) is 2.33. The van der Waals surface area contributed by atoms with Crippen molar-refractivity contribution in [3.63, 3.8) is 0 Å². The Labute approximate surface area is 83.8 Å². The lowest BCUT2D eigenvalue weighted by atomic mass is 10.4. The molecule has 2 aromatic heterocycles. The van der Waals surface area contributed by atoms with Crippen LogP contribution in [0.1, 0.15) is 4.88 Å². The predicted molar refractivity (Wildman–Crippen MR) is 55.6 cm³/mol. The molecule has 0 spiro atoms. The highest BCUT2D eigenvalue weighted by Crippen LogP contribution is 2.23. The molecule has 2 heterocycles. The van der Waals surface area contributed by atoms with Crippen molar-refractivity contribution in [1.82, 2.24) is 4.57 Å². The molecule has 0 fully saturated rings. The number of hydrogen-bond acceptors (Lipinski definition) is 1. The minimum atomic E-state index is 0.964. The average molecular weight is 242 g/mol. The van der Waals surface area contributed by atoms with Crippen molar-refractivity contribution in [3.8, 4) is 0 Å². The highest BCUT2D eigenvalue weighted by atomic mass is 79.9. The molecule has 1 nitrogen and oxygen atoms in total. The van der Waals surface area contributed by atoms with E-state index in [-0.39, 0.29) is 0 Å². The molecule has 0 aliphatic carbocycles. The Balaban J connectivity index is 2.20. The molecule has 62 valence electrons. The van der Waals surface area contributed by atoms with Crippen molar-refractivity contribution >= 4 is 27.3 Å². The zero-order chi connectivity index (χ0) is 8.39. The van der Waals surface area contributed by atoms with Crippen LogP contribution in [0, 0.1) is 0 Å². The van der Waals surface area contributed by atoms with Gasteiger partial charge in [-0.1, -0.05) is 0 Å². The van der Waals surface area contributed by atoms with Crippen molar-refractivity contribution in [3.05, 3.63) is 45.3 Å². The van der Waals surface area contributed by atoms with Crippen LogP contribution in [0.2, 0.25) is 0 Å². The number of halogens is 1. The molecule has 0 aliphatic heterocycles. The van der Waals surface area contributed by atoms with E-state index in [1.54, 1.807) is 11.3 Å². The molecule has 0 N–H and O–H groups in total. The largest absolute Gasteiger partial charge is 0.349 e. The van der Waals surface area contributed by atoms with Crippen LogP contribution in [0.4, 0.5) is 0 Å². The van der Waals surface area contributed by atoms with Crippen LogP contribution in [0.5, 0.6) is 0 Å². The van der Waals surface area contributed by atoms with E-state index in [4.69, 9.17) is 0 Å². The minimum absolute atomic E-state index is 0.964. The third-order valence-corrected chi connectivity index (χ3v) is 3.59.